The lowest BCUT2D eigenvalue weighted by atomic mass is 9.80. The zero-order chi connectivity index (χ0) is 23.1. The average Bonchev–Trinajstić information content (AvgIpc) is 3.18. The fraction of sp³-hybridized carbons (Fsp3) is 0.226. The molecular weight excluding hydrogens is 416 g/mol. The Balaban J connectivity index is 1.46. The molecule has 5 aromatic rings. The second-order valence-electron chi connectivity index (χ2n) is 9.49. The van der Waals surface area contributed by atoms with Gasteiger partial charge in [-0.1, -0.05) is 78.9 Å². The maximum atomic E-state index is 10.6. The number of fused-ring (bicyclic) bond motifs is 4. The Labute approximate surface area is 200 Å². The minimum atomic E-state index is 0.0492. The van der Waals surface area contributed by atoms with E-state index in [1.54, 1.807) is 0 Å². The third kappa shape index (κ3) is 3.53. The fourth-order valence-electron chi connectivity index (χ4n) is 5.93. The number of aryl methyl sites for hydroxylation is 1. The molecule has 34 heavy (non-hydrogen) atoms. The maximum absolute atomic E-state index is 10.6. The number of rotatable bonds is 5. The summed E-state index contributed by atoms with van der Waals surface area (Å²) in [5.41, 5.74) is 7.75. The van der Waals surface area contributed by atoms with Gasteiger partial charge in [-0.25, -0.2) is 0 Å². The Morgan fingerprint density at radius 2 is 1.53 bits per heavy atom. The quantitative estimate of drug-likeness (QED) is 0.348. The number of aromatic nitrogens is 1. The van der Waals surface area contributed by atoms with Gasteiger partial charge in [0.2, 0.25) is 0 Å². The van der Waals surface area contributed by atoms with Crippen LogP contribution in [0.4, 0.5) is 0 Å². The molecule has 0 saturated carbocycles. The Morgan fingerprint density at radius 1 is 0.794 bits per heavy atom. The predicted octanol–water partition coefficient (Wildman–Crippen LogP) is 6.21. The molecule has 0 unspecified atom stereocenters. The standard InChI is InChI=1S/C31H30N2O/c1-32-29-14-8-7-13-26(29)27-19-23(15-16-30(27)32)31-28(21-34)25-12-6-5-11-24(25)20-33(31)18-17-22-9-3-2-4-10-22/h2-16,19,28,31,34H,17-18,20-21H2,1H3/t28-,31+/m1/s1. The summed E-state index contributed by atoms with van der Waals surface area (Å²) in [6.45, 7) is 1.99. The minimum Gasteiger partial charge on any atom is -0.396 e. The van der Waals surface area contributed by atoms with Gasteiger partial charge in [-0.3, -0.25) is 4.90 Å². The molecule has 1 aromatic heterocycles. The molecule has 1 aliphatic heterocycles. The van der Waals surface area contributed by atoms with Crippen LogP contribution in [0.2, 0.25) is 0 Å². The number of nitrogens with zero attached hydrogens (tertiary/aromatic N) is 2. The Hall–Kier alpha value is -3.40. The molecule has 2 heterocycles. The highest BCUT2D eigenvalue weighted by Gasteiger charge is 2.35. The van der Waals surface area contributed by atoms with Crippen molar-refractivity contribution in [1.29, 1.82) is 0 Å². The van der Waals surface area contributed by atoms with Crippen LogP contribution < -0.4 is 0 Å². The van der Waals surface area contributed by atoms with E-state index in [1.807, 2.05) is 0 Å². The first kappa shape index (κ1) is 21.2. The van der Waals surface area contributed by atoms with Gasteiger partial charge in [0, 0.05) is 53.9 Å². The van der Waals surface area contributed by atoms with E-state index in [0.717, 1.165) is 19.5 Å². The molecule has 3 heteroatoms. The van der Waals surface area contributed by atoms with Crippen molar-refractivity contribution < 1.29 is 5.11 Å². The third-order valence-electron chi connectivity index (χ3n) is 7.61. The largest absolute Gasteiger partial charge is 0.396 e. The van der Waals surface area contributed by atoms with E-state index >= 15 is 0 Å². The normalized spacial score (nSPS) is 18.4. The summed E-state index contributed by atoms with van der Waals surface area (Å²) < 4.78 is 2.28. The van der Waals surface area contributed by atoms with Gasteiger partial charge in [0.05, 0.1) is 6.61 Å². The molecule has 0 saturated heterocycles. The number of aliphatic hydroxyl groups excluding tert-OH is 1. The molecule has 6 rings (SSSR count). The number of hydrogen-bond acceptors (Lipinski definition) is 2. The van der Waals surface area contributed by atoms with Crippen LogP contribution in [0.1, 0.15) is 34.2 Å². The van der Waals surface area contributed by atoms with E-state index in [9.17, 15) is 5.11 Å². The number of benzene rings is 4. The van der Waals surface area contributed by atoms with Crippen molar-refractivity contribution in [2.24, 2.45) is 7.05 Å². The van der Waals surface area contributed by atoms with Crippen LogP contribution in [-0.2, 0) is 20.0 Å². The molecule has 1 N–H and O–H groups in total. The zero-order valence-corrected chi connectivity index (χ0v) is 19.6. The van der Waals surface area contributed by atoms with Crippen LogP contribution in [0.25, 0.3) is 21.8 Å². The zero-order valence-electron chi connectivity index (χ0n) is 19.6. The van der Waals surface area contributed by atoms with Crippen molar-refractivity contribution in [1.82, 2.24) is 9.47 Å². The van der Waals surface area contributed by atoms with Crippen LogP contribution in [0, 0.1) is 0 Å². The van der Waals surface area contributed by atoms with Crippen molar-refractivity contribution >= 4 is 21.8 Å². The second kappa shape index (κ2) is 8.75. The molecule has 0 bridgehead atoms. The van der Waals surface area contributed by atoms with Gasteiger partial charge in [-0.05, 0) is 46.9 Å². The monoisotopic (exact) mass is 446 g/mol. The van der Waals surface area contributed by atoms with Gasteiger partial charge >= 0.3 is 0 Å². The minimum absolute atomic E-state index is 0.0492. The molecule has 4 aromatic carbocycles. The molecule has 0 spiro atoms. The highest BCUT2D eigenvalue weighted by atomic mass is 16.3. The van der Waals surface area contributed by atoms with Crippen LogP contribution >= 0.6 is 0 Å². The van der Waals surface area contributed by atoms with Gasteiger partial charge in [0.15, 0.2) is 0 Å². The SMILES string of the molecule is Cn1c2ccccc2c2cc([C@H]3[C@H](CO)c4ccccc4CN3CCc3ccccc3)ccc21. The molecule has 1 aliphatic rings. The summed E-state index contributed by atoms with van der Waals surface area (Å²) in [6.07, 6.45) is 0.994. The summed E-state index contributed by atoms with van der Waals surface area (Å²) >= 11 is 0. The van der Waals surface area contributed by atoms with Crippen LogP contribution in [0.5, 0.6) is 0 Å². The summed E-state index contributed by atoms with van der Waals surface area (Å²) in [5, 5.41) is 13.2. The van der Waals surface area contributed by atoms with Crippen molar-refractivity contribution in [3.8, 4) is 0 Å². The Kier molecular flexibility index (Phi) is 5.44. The Bertz CT molecular complexity index is 1450. The van der Waals surface area contributed by atoms with E-state index in [2.05, 4.69) is 114 Å². The van der Waals surface area contributed by atoms with Crippen LogP contribution in [-0.4, -0.2) is 27.7 Å². The number of aliphatic hydroxyl groups is 1. The molecule has 0 fully saturated rings. The molecule has 0 amide bonds. The van der Waals surface area contributed by atoms with Crippen LogP contribution in [0.15, 0.2) is 97.1 Å². The van der Waals surface area contributed by atoms with Crippen molar-refractivity contribution in [3.63, 3.8) is 0 Å². The molecular formula is C31H30N2O. The highest BCUT2D eigenvalue weighted by molar-refractivity contribution is 6.08. The predicted molar refractivity (Wildman–Crippen MR) is 140 cm³/mol. The molecule has 3 nitrogen and oxygen atoms in total. The van der Waals surface area contributed by atoms with E-state index < -0.39 is 0 Å². The summed E-state index contributed by atoms with van der Waals surface area (Å²) in [7, 11) is 2.14. The summed E-state index contributed by atoms with van der Waals surface area (Å²) in [6, 6.07) is 35.0. The van der Waals surface area contributed by atoms with E-state index in [4.69, 9.17) is 0 Å². The third-order valence-corrected chi connectivity index (χ3v) is 7.61. The van der Waals surface area contributed by atoms with Gasteiger partial charge in [-0.2, -0.15) is 0 Å². The van der Waals surface area contributed by atoms with Gasteiger partial charge in [0.1, 0.15) is 0 Å². The second-order valence-corrected chi connectivity index (χ2v) is 9.49. The lowest BCUT2D eigenvalue weighted by molar-refractivity contribution is 0.111. The van der Waals surface area contributed by atoms with Crippen LogP contribution in [0.3, 0.4) is 0 Å². The fourth-order valence-corrected chi connectivity index (χ4v) is 5.93. The van der Waals surface area contributed by atoms with Gasteiger partial charge in [0.25, 0.3) is 0 Å². The number of para-hydroxylation sites is 1. The smallest absolute Gasteiger partial charge is 0.0518 e. The lowest BCUT2D eigenvalue weighted by Crippen LogP contribution is -2.39. The number of hydrogen-bond donors (Lipinski definition) is 1. The summed E-state index contributed by atoms with van der Waals surface area (Å²) in [4.78, 5) is 2.57. The average molecular weight is 447 g/mol. The topological polar surface area (TPSA) is 28.4 Å². The highest BCUT2D eigenvalue weighted by Crippen LogP contribution is 2.43. The molecule has 170 valence electrons. The van der Waals surface area contributed by atoms with E-state index in [0.29, 0.717) is 0 Å². The van der Waals surface area contributed by atoms with Gasteiger partial charge in [-0.15, -0.1) is 0 Å². The Morgan fingerprint density at radius 3 is 2.38 bits per heavy atom. The maximum Gasteiger partial charge on any atom is 0.0518 e. The lowest BCUT2D eigenvalue weighted by Gasteiger charge is -2.42. The van der Waals surface area contributed by atoms with E-state index in [-0.39, 0.29) is 18.6 Å². The first-order valence-electron chi connectivity index (χ1n) is 12.2. The van der Waals surface area contributed by atoms with Crippen molar-refractivity contribution in [3.05, 3.63) is 119 Å². The van der Waals surface area contributed by atoms with Gasteiger partial charge < -0.3 is 9.67 Å². The first-order chi connectivity index (χ1) is 16.7. The van der Waals surface area contributed by atoms with E-state index in [1.165, 1.54) is 44.1 Å². The first-order valence-corrected chi connectivity index (χ1v) is 12.2. The molecule has 0 aliphatic carbocycles. The molecule has 2 atom stereocenters. The van der Waals surface area contributed by atoms with Crippen molar-refractivity contribution in [2.75, 3.05) is 13.2 Å². The molecule has 0 radical (unpaired) electrons. The van der Waals surface area contributed by atoms with Crippen molar-refractivity contribution in [2.45, 2.75) is 24.9 Å². The summed E-state index contributed by atoms with van der Waals surface area (Å²) in [5.74, 6) is 0.0492.